The number of aliphatic hydroxyl groups excluding tert-OH is 1. The van der Waals surface area contributed by atoms with Crippen molar-refractivity contribution in [1.82, 2.24) is 9.88 Å². The fraction of sp³-hybridized carbons (Fsp3) is 0.400. The number of hydrogen-bond acceptors (Lipinski definition) is 3. The number of aliphatic hydroxyl groups is 1. The normalized spacial score (nSPS) is 11.0. The summed E-state index contributed by atoms with van der Waals surface area (Å²) in [7, 11) is 1.63. The number of nitrogens with zero attached hydrogens (tertiary/aromatic N) is 1. The number of halogens is 1. The molecule has 0 spiro atoms. The van der Waals surface area contributed by atoms with Crippen molar-refractivity contribution in [3.8, 4) is 0 Å². The Morgan fingerprint density at radius 1 is 1.48 bits per heavy atom. The highest BCUT2D eigenvalue weighted by Gasteiger charge is 2.11. The molecule has 0 fully saturated rings. The maximum absolute atomic E-state index is 11.9. The number of hydrogen-bond donors (Lipinski definition) is 2. The molecule has 0 unspecified atom stereocenters. The molecule has 6 heteroatoms. The largest absolute Gasteiger partial charge is 0.392 e. The minimum absolute atomic E-state index is 0.0689. The first-order valence-corrected chi connectivity index (χ1v) is 7.17. The zero-order chi connectivity index (χ0) is 15.2. The van der Waals surface area contributed by atoms with Crippen molar-refractivity contribution in [2.45, 2.75) is 19.6 Å². The summed E-state index contributed by atoms with van der Waals surface area (Å²) in [6.07, 6.45) is 2.57. The predicted octanol–water partition coefficient (Wildman–Crippen LogP) is 1.94. The monoisotopic (exact) mass is 310 g/mol. The lowest BCUT2D eigenvalue weighted by molar-refractivity contribution is -0.121. The molecular formula is C15H19ClN2O3. The van der Waals surface area contributed by atoms with E-state index in [1.807, 2.05) is 6.07 Å². The molecule has 21 heavy (non-hydrogen) atoms. The molecule has 0 radical (unpaired) electrons. The molecule has 0 bridgehead atoms. The number of nitrogens with one attached hydrogen (secondary N) is 1. The van der Waals surface area contributed by atoms with E-state index in [-0.39, 0.29) is 19.1 Å². The van der Waals surface area contributed by atoms with Crippen LogP contribution in [0.3, 0.4) is 0 Å². The van der Waals surface area contributed by atoms with Crippen LogP contribution in [-0.4, -0.2) is 35.8 Å². The topological polar surface area (TPSA) is 63.5 Å². The second-order valence-electron chi connectivity index (χ2n) is 4.80. The Balaban J connectivity index is 2.10. The Kier molecular flexibility index (Phi) is 5.61. The number of methoxy groups -OCH3 is 1. The molecule has 1 amide bonds. The van der Waals surface area contributed by atoms with Crippen molar-refractivity contribution >= 4 is 28.4 Å². The van der Waals surface area contributed by atoms with E-state index in [1.54, 1.807) is 30.0 Å². The molecule has 1 heterocycles. The van der Waals surface area contributed by atoms with Gasteiger partial charge in [0.15, 0.2) is 0 Å². The number of benzene rings is 1. The zero-order valence-electron chi connectivity index (χ0n) is 11.9. The molecule has 0 aliphatic heterocycles. The van der Waals surface area contributed by atoms with Crippen LogP contribution in [-0.2, 0) is 22.7 Å². The fourth-order valence-electron chi connectivity index (χ4n) is 2.25. The van der Waals surface area contributed by atoms with Crippen molar-refractivity contribution < 1.29 is 14.6 Å². The van der Waals surface area contributed by atoms with Crippen LogP contribution in [0.4, 0.5) is 0 Å². The molecule has 0 aliphatic carbocycles. The van der Waals surface area contributed by atoms with Gasteiger partial charge in [0, 0.05) is 42.4 Å². The highest BCUT2D eigenvalue weighted by Crippen LogP contribution is 2.24. The summed E-state index contributed by atoms with van der Waals surface area (Å²) in [5.41, 5.74) is 1.63. The van der Waals surface area contributed by atoms with Gasteiger partial charge >= 0.3 is 0 Å². The smallest absolute Gasteiger partial charge is 0.239 e. The van der Waals surface area contributed by atoms with Crippen LogP contribution in [0, 0.1) is 0 Å². The van der Waals surface area contributed by atoms with Gasteiger partial charge in [0.2, 0.25) is 5.91 Å². The Bertz CT molecular complexity index is 625. The molecule has 0 aliphatic rings. The molecule has 0 saturated heterocycles. The summed E-state index contributed by atoms with van der Waals surface area (Å²) in [5, 5.41) is 13.7. The SMILES string of the molecule is COCCCNC(=O)Cn1cc(CO)c2ccc(Cl)cc21. The second-order valence-corrected chi connectivity index (χ2v) is 5.23. The standard InChI is InChI=1S/C15H19ClN2O3/c1-21-6-2-5-17-15(20)9-18-8-11(10-19)13-4-3-12(16)7-14(13)18/h3-4,7-8,19H,2,5-6,9-10H2,1H3,(H,17,20). The van der Waals surface area contributed by atoms with Gasteiger partial charge in [0.25, 0.3) is 0 Å². The summed E-state index contributed by atoms with van der Waals surface area (Å²) in [6.45, 7) is 1.33. The Labute approximate surface area is 128 Å². The van der Waals surface area contributed by atoms with Crippen LogP contribution in [0.2, 0.25) is 5.02 Å². The van der Waals surface area contributed by atoms with Crippen LogP contribution in [0.15, 0.2) is 24.4 Å². The van der Waals surface area contributed by atoms with Gasteiger partial charge < -0.3 is 19.7 Å². The fourth-order valence-corrected chi connectivity index (χ4v) is 2.42. The van der Waals surface area contributed by atoms with Crippen LogP contribution in [0.1, 0.15) is 12.0 Å². The van der Waals surface area contributed by atoms with Crippen molar-refractivity contribution in [1.29, 1.82) is 0 Å². The summed E-state index contributed by atoms with van der Waals surface area (Å²) in [4.78, 5) is 11.9. The first kappa shape index (κ1) is 15.8. The van der Waals surface area contributed by atoms with Gasteiger partial charge in [-0.2, -0.15) is 0 Å². The average molecular weight is 311 g/mol. The molecule has 0 atom stereocenters. The molecule has 2 N–H and O–H groups in total. The van der Waals surface area contributed by atoms with Crippen LogP contribution < -0.4 is 5.32 Å². The number of ether oxygens (including phenoxy) is 1. The summed E-state index contributed by atoms with van der Waals surface area (Å²) in [6, 6.07) is 5.43. The number of rotatable bonds is 7. The van der Waals surface area contributed by atoms with Crippen LogP contribution >= 0.6 is 11.6 Å². The lowest BCUT2D eigenvalue weighted by Crippen LogP contribution is -2.28. The maximum atomic E-state index is 11.9. The molecule has 2 aromatic rings. The van der Waals surface area contributed by atoms with Crippen LogP contribution in [0.25, 0.3) is 10.9 Å². The third-order valence-electron chi connectivity index (χ3n) is 3.26. The van der Waals surface area contributed by atoms with Gasteiger partial charge in [-0.15, -0.1) is 0 Å². The Morgan fingerprint density at radius 2 is 2.29 bits per heavy atom. The molecule has 1 aromatic carbocycles. The van der Waals surface area contributed by atoms with Gasteiger partial charge in [0.05, 0.1) is 12.1 Å². The van der Waals surface area contributed by atoms with Gasteiger partial charge in [-0.1, -0.05) is 17.7 Å². The third kappa shape index (κ3) is 3.97. The van der Waals surface area contributed by atoms with E-state index in [0.29, 0.717) is 18.2 Å². The molecule has 5 nitrogen and oxygen atoms in total. The molecule has 2 rings (SSSR count). The number of amides is 1. The molecule has 1 aromatic heterocycles. The minimum Gasteiger partial charge on any atom is -0.392 e. The Morgan fingerprint density at radius 3 is 3.00 bits per heavy atom. The molecule has 114 valence electrons. The van der Waals surface area contributed by atoms with Crippen molar-refractivity contribution in [2.75, 3.05) is 20.3 Å². The van der Waals surface area contributed by atoms with Gasteiger partial charge in [-0.3, -0.25) is 4.79 Å². The van der Waals surface area contributed by atoms with Gasteiger partial charge in [0.1, 0.15) is 6.54 Å². The van der Waals surface area contributed by atoms with E-state index in [1.165, 1.54) is 0 Å². The third-order valence-corrected chi connectivity index (χ3v) is 3.49. The van der Waals surface area contributed by atoms with E-state index in [9.17, 15) is 9.90 Å². The Hall–Kier alpha value is -1.56. The van der Waals surface area contributed by atoms with Crippen molar-refractivity contribution in [3.63, 3.8) is 0 Å². The number of carbonyl (C=O) groups is 1. The number of aromatic nitrogens is 1. The van der Waals surface area contributed by atoms with E-state index in [4.69, 9.17) is 16.3 Å². The minimum atomic E-state index is -0.0764. The van der Waals surface area contributed by atoms with Crippen molar-refractivity contribution in [3.05, 3.63) is 35.0 Å². The van der Waals surface area contributed by atoms with E-state index in [0.717, 1.165) is 22.9 Å². The highest BCUT2D eigenvalue weighted by molar-refractivity contribution is 6.31. The summed E-state index contributed by atoms with van der Waals surface area (Å²) >= 11 is 6.01. The first-order chi connectivity index (χ1) is 10.2. The average Bonchev–Trinajstić information content (AvgIpc) is 2.81. The highest BCUT2D eigenvalue weighted by atomic mass is 35.5. The van der Waals surface area contributed by atoms with Crippen LogP contribution in [0.5, 0.6) is 0 Å². The maximum Gasteiger partial charge on any atom is 0.239 e. The van der Waals surface area contributed by atoms with E-state index >= 15 is 0 Å². The van der Waals surface area contributed by atoms with Crippen molar-refractivity contribution in [2.24, 2.45) is 0 Å². The molecule has 0 saturated carbocycles. The van der Waals surface area contributed by atoms with E-state index < -0.39 is 0 Å². The van der Waals surface area contributed by atoms with Gasteiger partial charge in [-0.25, -0.2) is 0 Å². The molecular weight excluding hydrogens is 292 g/mol. The second kappa shape index (κ2) is 7.45. The lowest BCUT2D eigenvalue weighted by atomic mass is 10.2. The summed E-state index contributed by atoms with van der Waals surface area (Å²) < 4.78 is 6.74. The predicted molar refractivity (Wildman–Crippen MR) is 82.4 cm³/mol. The summed E-state index contributed by atoms with van der Waals surface area (Å²) in [5.74, 6) is -0.0764. The zero-order valence-corrected chi connectivity index (χ0v) is 12.7. The number of carbonyl (C=O) groups excluding carboxylic acids is 1. The quantitative estimate of drug-likeness (QED) is 0.768. The van der Waals surface area contributed by atoms with Gasteiger partial charge in [-0.05, 0) is 18.6 Å². The first-order valence-electron chi connectivity index (χ1n) is 6.79. The van der Waals surface area contributed by atoms with E-state index in [2.05, 4.69) is 5.32 Å². The lowest BCUT2D eigenvalue weighted by Gasteiger charge is -2.07. The number of fused-ring (bicyclic) bond motifs is 1.